The van der Waals surface area contributed by atoms with Crippen LogP contribution in [-0.4, -0.2) is 57.7 Å². The van der Waals surface area contributed by atoms with E-state index in [-0.39, 0.29) is 5.91 Å². The normalized spacial score (nSPS) is 16.0. The average Bonchev–Trinajstić information content (AvgIpc) is 2.84. The van der Waals surface area contributed by atoms with Gasteiger partial charge in [-0.05, 0) is 13.0 Å². The molecule has 3 N–H and O–H groups in total. The highest BCUT2D eigenvalue weighted by Crippen LogP contribution is 2.44. The largest absolute Gasteiger partial charge is 0.492 e. The number of rotatable bonds is 5. The highest BCUT2D eigenvalue weighted by atomic mass is 32.1. The molecule has 118 valence electrons. The summed E-state index contributed by atoms with van der Waals surface area (Å²) >= 11 is 1.41. The van der Waals surface area contributed by atoms with E-state index in [9.17, 15) is 4.79 Å². The maximum absolute atomic E-state index is 11.9. The lowest BCUT2D eigenvalue weighted by molar-refractivity contribution is 0.0967. The quantitative estimate of drug-likeness (QED) is 0.856. The first-order chi connectivity index (χ1) is 10.1. The molecule has 1 amide bonds. The maximum atomic E-state index is 11.9. The summed E-state index contributed by atoms with van der Waals surface area (Å²) in [6.45, 7) is 7.27. The first-order valence-electron chi connectivity index (χ1n) is 7.28. The highest BCUT2D eigenvalue weighted by Gasteiger charge is 2.26. The van der Waals surface area contributed by atoms with Crippen LogP contribution >= 0.6 is 11.3 Å². The number of hydrogen-bond acceptors (Lipinski definition) is 6. The SMILES string of the molecule is CCCN1CCN(c2sc(C(=O)NC)c(N)c2OC)CC1. The van der Waals surface area contributed by atoms with E-state index in [1.165, 1.54) is 17.8 Å². The molecule has 6 nitrogen and oxygen atoms in total. The number of piperazine rings is 1. The molecular formula is C14H24N4O2S. The summed E-state index contributed by atoms with van der Waals surface area (Å²) in [6, 6.07) is 0. The van der Waals surface area contributed by atoms with Gasteiger partial charge in [-0.1, -0.05) is 6.92 Å². The minimum absolute atomic E-state index is 0.160. The molecule has 0 saturated carbocycles. The lowest BCUT2D eigenvalue weighted by atomic mass is 10.3. The summed E-state index contributed by atoms with van der Waals surface area (Å²) < 4.78 is 5.43. The van der Waals surface area contributed by atoms with E-state index in [1.54, 1.807) is 14.2 Å². The van der Waals surface area contributed by atoms with Crippen molar-refractivity contribution in [1.82, 2.24) is 10.2 Å². The Balaban J connectivity index is 2.18. The topological polar surface area (TPSA) is 70.8 Å². The smallest absolute Gasteiger partial charge is 0.263 e. The molecule has 0 unspecified atom stereocenters. The van der Waals surface area contributed by atoms with Crippen molar-refractivity contribution < 1.29 is 9.53 Å². The van der Waals surface area contributed by atoms with Gasteiger partial charge in [0.25, 0.3) is 5.91 Å². The van der Waals surface area contributed by atoms with Gasteiger partial charge >= 0.3 is 0 Å². The minimum atomic E-state index is -0.160. The van der Waals surface area contributed by atoms with Crippen LogP contribution in [0.15, 0.2) is 0 Å². The van der Waals surface area contributed by atoms with Gasteiger partial charge in [-0.15, -0.1) is 11.3 Å². The predicted molar refractivity (Wildman–Crippen MR) is 87.6 cm³/mol. The van der Waals surface area contributed by atoms with Crippen molar-refractivity contribution in [3.05, 3.63) is 4.88 Å². The van der Waals surface area contributed by atoms with Crippen LogP contribution in [0.25, 0.3) is 0 Å². The zero-order chi connectivity index (χ0) is 15.4. The highest BCUT2D eigenvalue weighted by molar-refractivity contribution is 7.19. The van der Waals surface area contributed by atoms with Crippen molar-refractivity contribution in [3.63, 3.8) is 0 Å². The Morgan fingerprint density at radius 2 is 2.05 bits per heavy atom. The van der Waals surface area contributed by atoms with Gasteiger partial charge in [0.1, 0.15) is 15.6 Å². The third kappa shape index (κ3) is 3.24. The molecule has 1 fully saturated rings. The van der Waals surface area contributed by atoms with Crippen LogP contribution in [0, 0.1) is 0 Å². The summed E-state index contributed by atoms with van der Waals surface area (Å²) in [6.07, 6.45) is 1.18. The van der Waals surface area contributed by atoms with E-state index in [0.717, 1.165) is 37.7 Å². The van der Waals surface area contributed by atoms with Gasteiger partial charge in [0.2, 0.25) is 0 Å². The number of nitrogens with one attached hydrogen (secondary N) is 1. The fraction of sp³-hybridized carbons (Fsp3) is 0.643. The molecule has 0 spiro atoms. The zero-order valence-corrected chi connectivity index (χ0v) is 13.8. The van der Waals surface area contributed by atoms with Gasteiger partial charge < -0.3 is 20.7 Å². The first-order valence-corrected chi connectivity index (χ1v) is 8.09. The Kier molecular flexibility index (Phi) is 5.30. The Morgan fingerprint density at radius 1 is 1.38 bits per heavy atom. The number of thiophene rings is 1. The van der Waals surface area contributed by atoms with Crippen LogP contribution in [0.2, 0.25) is 0 Å². The lowest BCUT2D eigenvalue weighted by Crippen LogP contribution is -2.46. The minimum Gasteiger partial charge on any atom is -0.492 e. The molecule has 2 heterocycles. The maximum Gasteiger partial charge on any atom is 0.263 e. The molecule has 0 bridgehead atoms. The van der Waals surface area contributed by atoms with Gasteiger partial charge in [0, 0.05) is 33.2 Å². The second-order valence-electron chi connectivity index (χ2n) is 5.09. The Morgan fingerprint density at radius 3 is 2.57 bits per heavy atom. The summed E-state index contributed by atoms with van der Waals surface area (Å²) in [5, 5.41) is 3.59. The Bertz CT molecular complexity index is 495. The van der Waals surface area contributed by atoms with E-state index in [1.807, 2.05) is 0 Å². The number of carbonyl (C=O) groups excluding carboxylic acids is 1. The van der Waals surface area contributed by atoms with Crippen LogP contribution in [0.5, 0.6) is 5.75 Å². The molecule has 1 aliphatic heterocycles. The second kappa shape index (κ2) is 7.00. The average molecular weight is 312 g/mol. The molecule has 0 radical (unpaired) electrons. The summed E-state index contributed by atoms with van der Waals surface area (Å²) in [5.41, 5.74) is 6.50. The number of nitrogens with zero attached hydrogens (tertiary/aromatic N) is 2. The standard InChI is InChI=1S/C14H24N4O2S/c1-4-5-17-6-8-18(9-7-17)14-11(20-3)10(15)12(21-14)13(19)16-2/h4-9,15H2,1-3H3,(H,16,19). The summed E-state index contributed by atoms with van der Waals surface area (Å²) in [7, 11) is 3.21. The van der Waals surface area contributed by atoms with E-state index >= 15 is 0 Å². The van der Waals surface area contributed by atoms with Crippen molar-refractivity contribution in [2.75, 3.05) is 57.5 Å². The number of hydrogen-bond donors (Lipinski definition) is 2. The number of amides is 1. The van der Waals surface area contributed by atoms with E-state index < -0.39 is 0 Å². The van der Waals surface area contributed by atoms with Crippen molar-refractivity contribution in [2.45, 2.75) is 13.3 Å². The summed E-state index contributed by atoms with van der Waals surface area (Å²) in [5.74, 6) is 0.467. The van der Waals surface area contributed by atoms with Crippen molar-refractivity contribution in [3.8, 4) is 5.75 Å². The fourth-order valence-electron chi connectivity index (χ4n) is 2.59. The molecule has 2 rings (SSSR count). The molecule has 0 atom stereocenters. The van der Waals surface area contributed by atoms with Gasteiger partial charge in [-0.25, -0.2) is 0 Å². The molecule has 1 aromatic rings. The third-order valence-corrected chi connectivity index (χ3v) is 4.97. The molecule has 1 saturated heterocycles. The van der Waals surface area contributed by atoms with Gasteiger partial charge in [-0.3, -0.25) is 9.69 Å². The van der Waals surface area contributed by atoms with Crippen molar-refractivity contribution in [1.29, 1.82) is 0 Å². The fourth-order valence-corrected chi connectivity index (χ4v) is 3.78. The van der Waals surface area contributed by atoms with Crippen LogP contribution in [0.1, 0.15) is 23.0 Å². The molecule has 21 heavy (non-hydrogen) atoms. The van der Waals surface area contributed by atoms with Crippen LogP contribution in [0.3, 0.4) is 0 Å². The zero-order valence-electron chi connectivity index (χ0n) is 12.9. The molecule has 7 heteroatoms. The van der Waals surface area contributed by atoms with Gasteiger partial charge in [0.15, 0.2) is 5.75 Å². The van der Waals surface area contributed by atoms with E-state index in [4.69, 9.17) is 10.5 Å². The van der Waals surface area contributed by atoms with Crippen LogP contribution in [0.4, 0.5) is 10.7 Å². The van der Waals surface area contributed by atoms with Crippen LogP contribution < -0.4 is 20.7 Å². The Labute approximate surface area is 129 Å². The van der Waals surface area contributed by atoms with E-state index in [0.29, 0.717) is 16.3 Å². The molecule has 0 aliphatic carbocycles. The molecule has 1 aromatic heterocycles. The van der Waals surface area contributed by atoms with Crippen molar-refractivity contribution in [2.24, 2.45) is 0 Å². The Hall–Kier alpha value is -1.47. The van der Waals surface area contributed by atoms with Crippen LogP contribution in [-0.2, 0) is 0 Å². The number of nitrogen functional groups attached to an aromatic ring is 1. The lowest BCUT2D eigenvalue weighted by Gasteiger charge is -2.35. The molecule has 0 aromatic carbocycles. The number of anilines is 2. The molecular weight excluding hydrogens is 288 g/mol. The van der Waals surface area contributed by atoms with Gasteiger partial charge in [0.05, 0.1) is 7.11 Å². The second-order valence-corrected chi connectivity index (χ2v) is 6.09. The monoisotopic (exact) mass is 312 g/mol. The third-order valence-electron chi connectivity index (χ3n) is 3.72. The van der Waals surface area contributed by atoms with Gasteiger partial charge in [-0.2, -0.15) is 0 Å². The van der Waals surface area contributed by atoms with Crippen molar-refractivity contribution >= 4 is 27.9 Å². The number of carbonyl (C=O) groups is 1. The molecule has 1 aliphatic rings. The predicted octanol–water partition coefficient (Wildman–Crippen LogP) is 1.23. The number of methoxy groups -OCH3 is 1. The van der Waals surface area contributed by atoms with E-state index in [2.05, 4.69) is 22.0 Å². The number of nitrogens with two attached hydrogens (primary N) is 1. The first kappa shape index (κ1) is 15.9. The summed E-state index contributed by atoms with van der Waals surface area (Å²) in [4.78, 5) is 17.1. The number of ether oxygens (including phenoxy) is 1.